The number of carbonyl (C=O) groups excluding carboxylic acids is 1. The average molecular weight is 298 g/mol. The van der Waals surface area contributed by atoms with Gasteiger partial charge >= 0.3 is 12.0 Å². The number of ether oxygens (including phenoxy) is 1. The third kappa shape index (κ3) is 5.29. The molecule has 0 radical (unpaired) electrons. The summed E-state index contributed by atoms with van der Waals surface area (Å²) in [5, 5.41) is 11.4. The molecule has 0 saturated carbocycles. The molecule has 0 heterocycles. The molecule has 0 fully saturated rings. The van der Waals surface area contributed by atoms with Gasteiger partial charge in [0.15, 0.2) is 0 Å². The van der Waals surface area contributed by atoms with Crippen LogP contribution < -0.4 is 10.1 Å². The monoisotopic (exact) mass is 298 g/mol. The van der Waals surface area contributed by atoms with Gasteiger partial charge < -0.3 is 20.1 Å². The van der Waals surface area contributed by atoms with Gasteiger partial charge in [-0.15, -0.1) is 0 Å². The largest absolute Gasteiger partial charge is 0.497 e. The fourth-order valence-electron chi connectivity index (χ4n) is 1.73. The first-order chi connectivity index (χ1) is 9.83. The highest BCUT2D eigenvalue weighted by atomic mass is 19.1. The van der Waals surface area contributed by atoms with Crippen LogP contribution in [0.1, 0.15) is 12.5 Å². The van der Waals surface area contributed by atoms with Gasteiger partial charge in [0, 0.05) is 26.2 Å². The zero-order chi connectivity index (χ0) is 16.0. The summed E-state index contributed by atoms with van der Waals surface area (Å²) in [5.74, 6) is -1.71. The first kappa shape index (κ1) is 16.7. The van der Waals surface area contributed by atoms with E-state index in [1.54, 1.807) is 6.07 Å². The lowest BCUT2D eigenvalue weighted by Crippen LogP contribution is -2.40. The summed E-state index contributed by atoms with van der Waals surface area (Å²) in [7, 11) is 2.93. The van der Waals surface area contributed by atoms with Gasteiger partial charge in [0.1, 0.15) is 11.6 Å². The molecular formula is C14H19FN2O4. The highest BCUT2D eigenvalue weighted by Crippen LogP contribution is 2.15. The second-order valence-electron chi connectivity index (χ2n) is 4.78. The third-order valence-electron chi connectivity index (χ3n) is 2.93. The third-order valence-corrected chi connectivity index (χ3v) is 2.93. The number of urea groups is 1. The molecule has 1 aromatic rings. The lowest BCUT2D eigenvalue weighted by Gasteiger charge is -2.20. The lowest BCUT2D eigenvalue weighted by molar-refractivity contribution is -0.141. The summed E-state index contributed by atoms with van der Waals surface area (Å²) in [4.78, 5) is 23.8. The number of halogens is 1. The maximum absolute atomic E-state index is 13.3. The number of carboxylic acids is 1. The van der Waals surface area contributed by atoms with Crippen LogP contribution in [0.15, 0.2) is 18.2 Å². The van der Waals surface area contributed by atoms with Crippen molar-refractivity contribution in [3.05, 3.63) is 29.6 Å². The minimum atomic E-state index is -0.968. The highest BCUT2D eigenvalue weighted by molar-refractivity contribution is 5.75. The van der Waals surface area contributed by atoms with Gasteiger partial charge in [0.05, 0.1) is 13.0 Å². The van der Waals surface area contributed by atoms with Crippen LogP contribution in [-0.2, 0) is 11.3 Å². The topological polar surface area (TPSA) is 78.9 Å². The van der Waals surface area contributed by atoms with Crippen LogP contribution >= 0.6 is 0 Å². The van der Waals surface area contributed by atoms with E-state index in [-0.39, 0.29) is 13.1 Å². The Morgan fingerprint density at radius 1 is 1.43 bits per heavy atom. The normalized spacial score (nSPS) is 11.6. The smallest absolute Gasteiger partial charge is 0.317 e. The van der Waals surface area contributed by atoms with Crippen LogP contribution in [0.5, 0.6) is 5.75 Å². The quantitative estimate of drug-likeness (QED) is 0.838. The Labute approximate surface area is 122 Å². The van der Waals surface area contributed by atoms with Crippen LogP contribution in [0.25, 0.3) is 0 Å². The van der Waals surface area contributed by atoms with Crippen LogP contribution in [0.4, 0.5) is 9.18 Å². The van der Waals surface area contributed by atoms with Crippen molar-refractivity contribution in [1.82, 2.24) is 10.2 Å². The molecular weight excluding hydrogens is 279 g/mol. The molecule has 1 aromatic carbocycles. The van der Waals surface area contributed by atoms with Crippen molar-refractivity contribution >= 4 is 12.0 Å². The molecule has 0 aliphatic heterocycles. The molecule has 0 bridgehead atoms. The van der Waals surface area contributed by atoms with E-state index in [4.69, 9.17) is 9.84 Å². The number of nitrogens with one attached hydrogen (secondary N) is 1. The number of benzene rings is 1. The number of nitrogens with zero attached hydrogens (tertiary/aromatic N) is 1. The first-order valence-electron chi connectivity index (χ1n) is 6.38. The molecule has 2 amide bonds. The highest BCUT2D eigenvalue weighted by Gasteiger charge is 2.17. The van der Waals surface area contributed by atoms with Crippen molar-refractivity contribution in [3.8, 4) is 5.75 Å². The predicted molar refractivity (Wildman–Crippen MR) is 74.6 cm³/mol. The number of amides is 2. The Morgan fingerprint density at radius 2 is 2.10 bits per heavy atom. The minimum Gasteiger partial charge on any atom is -0.497 e. The van der Waals surface area contributed by atoms with Crippen molar-refractivity contribution in [2.45, 2.75) is 13.5 Å². The first-order valence-corrected chi connectivity index (χ1v) is 6.38. The number of aliphatic carboxylic acids is 1. The Bertz CT molecular complexity index is 522. The van der Waals surface area contributed by atoms with E-state index in [1.165, 1.54) is 38.1 Å². The van der Waals surface area contributed by atoms with Crippen LogP contribution in [-0.4, -0.2) is 42.7 Å². The van der Waals surface area contributed by atoms with Gasteiger partial charge in [0.25, 0.3) is 0 Å². The van der Waals surface area contributed by atoms with Crippen LogP contribution in [0.2, 0.25) is 0 Å². The zero-order valence-corrected chi connectivity index (χ0v) is 12.2. The van der Waals surface area contributed by atoms with Gasteiger partial charge in [-0.2, -0.15) is 0 Å². The van der Waals surface area contributed by atoms with Gasteiger partial charge in [-0.05, 0) is 17.7 Å². The van der Waals surface area contributed by atoms with Crippen molar-refractivity contribution in [2.24, 2.45) is 5.92 Å². The standard InChI is InChI=1S/C14H19FN2O4/c1-9(13(18)19)8-17(2)14(20)16-7-10-4-11(15)6-12(5-10)21-3/h4-6,9H,7-8H2,1-3H3,(H,16,20)(H,18,19). The summed E-state index contributed by atoms with van der Waals surface area (Å²) in [5.41, 5.74) is 0.555. The average Bonchev–Trinajstić information content (AvgIpc) is 2.43. The summed E-state index contributed by atoms with van der Waals surface area (Å²) in [6, 6.07) is 3.73. The fraction of sp³-hybridized carbons (Fsp3) is 0.429. The van der Waals surface area contributed by atoms with Crippen LogP contribution in [0.3, 0.4) is 0 Å². The second kappa shape index (κ2) is 7.47. The SMILES string of the molecule is COc1cc(F)cc(CNC(=O)N(C)CC(C)C(=O)O)c1. The molecule has 1 atom stereocenters. The molecule has 0 aliphatic rings. The number of hydrogen-bond acceptors (Lipinski definition) is 3. The summed E-state index contributed by atoms with van der Waals surface area (Å²) in [6.07, 6.45) is 0. The molecule has 1 rings (SSSR count). The number of rotatable bonds is 6. The molecule has 6 nitrogen and oxygen atoms in total. The van der Waals surface area contributed by atoms with Gasteiger partial charge in [-0.1, -0.05) is 6.92 Å². The molecule has 21 heavy (non-hydrogen) atoms. The lowest BCUT2D eigenvalue weighted by atomic mass is 10.2. The Hall–Kier alpha value is -2.31. The zero-order valence-electron chi connectivity index (χ0n) is 12.2. The van der Waals surface area contributed by atoms with E-state index in [0.29, 0.717) is 11.3 Å². The number of carboxylic acid groups (broad SMARTS) is 1. The second-order valence-corrected chi connectivity index (χ2v) is 4.78. The summed E-state index contributed by atoms with van der Waals surface area (Å²) < 4.78 is 18.2. The summed E-state index contributed by atoms with van der Waals surface area (Å²) in [6.45, 7) is 1.73. The van der Waals surface area contributed by atoms with E-state index < -0.39 is 23.7 Å². The maximum Gasteiger partial charge on any atom is 0.317 e. The van der Waals surface area contributed by atoms with Crippen molar-refractivity contribution < 1.29 is 23.8 Å². The van der Waals surface area contributed by atoms with Crippen molar-refractivity contribution in [2.75, 3.05) is 20.7 Å². The molecule has 0 aliphatic carbocycles. The Morgan fingerprint density at radius 3 is 2.67 bits per heavy atom. The molecule has 7 heteroatoms. The molecule has 0 saturated heterocycles. The maximum atomic E-state index is 13.3. The molecule has 1 unspecified atom stereocenters. The Balaban J connectivity index is 2.56. The van der Waals surface area contributed by atoms with E-state index in [0.717, 1.165) is 0 Å². The summed E-state index contributed by atoms with van der Waals surface area (Å²) >= 11 is 0. The minimum absolute atomic E-state index is 0.0909. The van der Waals surface area contributed by atoms with E-state index in [9.17, 15) is 14.0 Å². The fourth-order valence-corrected chi connectivity index (χ4v) is 1.73. The molecule has 116 valence electrons. The van der Waals surface area contributed by atoms with E-state index in [1.807, 2.05) is 0 Å². The van der Waals surface area contributed by atoms with E-state index >= 15 is 0 Å². The molecule has 0 spiro atoms. The molecule has 2 N–H and O–H groups in total. The number of methoxy groups -OCH3 is 1. The number of hydrogen-bond donors (Lipinski definition) is 2. The van der Waals surface area contributed by atoms with Crippen molar-refractivity contribution in [1.29, 1.82) is 0 Å². The molecule has 0 aromatic heterocycles. The Kier molecular flexibility index (Phi) is 5.95. The van der Waals surface area contributed by atoms with E-state index in [2.05, 4.69) is 5.32 Å². The van der Waals surface area contributed by atoms with Gasteiger partial charge in [0.2, 0.25) is 0 Å². The van der Waals surface area contributed by atoms with Gasteiger partial charge in [-0.3, -0.25) is 4.79 Å². The van der Waals surface area contributed by atoms with Crippen molar-refractivity contribution in [3.63, 3.8) is 0 Å². The van der Waals surface area contributed by atoms with Gasteiger partial charge in [-0.25, -0.2) is 9.18 Å². The van der Waals surface area contributed by atoms with Crippen LogP contribution in [0, 0.1) is 11.7 Å². The predicted octanol–water partition coefficient (Wildman–Crippen LogP) is 1.70. The number of carbonyl (C=O) groups is 2.